The molecule has 1 heterocycles. The highest BCUT2D eigenvalue weighted by atomic mass is 14.9. The van der Waals surface area contributed by atoms with E-state index in [0.29, 0.717) is 11.3 Å². The number of aryl methyl sites for hydroxylation is 1. The molecule has 0 radical (unpaired) electrons. The first-order valence-electron chi connectivity index (χ1n) is 2.74. The van der Waals surface area contributed by atoms with Crippen LogP contribution in [0, 0.1) is 22.7 Å². The molecule has 0 aliphatic carbocycles. The maximum absolute atomic E-state index is 8.45. The van der Waals surface area contributed by atoms with Gasteiger partial charge in [0, 0.05) is 13.2 Å². The van der Waals surface area contributed by atoms with Crippen LogP contribution < -0.4 is 0 Å². The topological polar surface area (TPSA) is 52.5 Å². The summed E-state index contributed by atoms with van der Waals surface area (Å²) in [5, 5.41) is 16.8. The smallest absolute Gasteiger partial charge is 0.121 e. The second-order valence-corrected chi connectivity index (χ2v) is 1.95. The van der Waals surface area contributed by atoms with E-state index in [-0.39, 0.29) is 0 Å². The van der Waals surface area contributed by atoms with Crippen molar-refractivity contribution in [1.82, 2.24) is 4.57 Å². The second-order valence-electron chi connectivity index (χ2n) is 1.95. The van der Waals surface area contributed by atoms with Crippen LogP contribution >= 0.6 is 0 Å². The molecule has 0 N–H and O–H groups in total. The predicted molar refractivity (Wildman–Crippen MR) is 34.8 cm³/mol. The molecular weight excluding hydrogens is 126 g/mol. The van der Waals surface area contributed by atoms with Gasteiger partial charge in [-0.05, 0) is 6.07 Å². The number of aromatic nitrogens is 1. The molecule has 0 spiro atoms. The van der Waals surface area contributed by atoms with Crippen molar-refractivity contribution < 1.29 is 0 Å². The Labute approximate surface area is 58.7 Å². The second kappa shape index (κ2) is 2.24. The van der Waals surface area contributed by atoms with E-state index in [9.17, 15) is 0 Å². The normalized spacial score (nSPS) is 8.30. The van der Waals surface area contributed by atoms with Crippen molar-refractivity contribution in [3.05, 3.63) is 23.5 Å². The SMILES string of the molecule is Cn1cc(C#N)cc1C#N. The molecule has 3 heteroatoms. The molecule has 48 valence electrons. The monoisotopic (exact) mass is 131 g/mol. The maximum Gasteiger partial charge on any atom is 0.121 e. The highest BCUT2D eigenvalue weighted by molar-refractivity contribution is 5.35. The van der Waals surface area contributed by atoms with Crippen LogP contribution in [0.15, 0.2) is 12.3 Å². The van der Waals surface area contributed by atoms with E-state index >= 15 is 0 Å². The van der Waals surface area contributed by atoms with Gasteiger partial charge in [-0.2, -0.15) is 10.5 Å². The van der Waals surface area contributed by atoms with Gasteiger partial charge in [0.25, 0.3) is 0 Å². The summed E-state index contributed by atoms with van der Waals surface area (Å²) in [6.07, 6.45) is 1.62. The Balaban J connectivity index is 3.23. The van der Waals surface area contributed by atoms with Crippen LogP contribution in [-0.2, 0) is 7.05 Å². The summed E-state index contributed by atoms with van der Waals surface area (Å²) in [5.41, 5.74) is 1.04. The number of rotatable bonds is 0. The molecule has 0 bridgehead atoms. The Bertz CT molecular complexity index is 322. The maximum atomic E-state index is 8.45. The van der Waals surface area contributed by atoms with E-state index in [4.69, 9.17) is 10.5 Å². The third-order valence-electron chi connectivity index (χ3n) is 1.25. The minimum atomic E-state index is 0.511. The van der Waals surface area contributed by atoms with Gasteiger partial charge in [0.1, 0.15) is 17.8 Å². The zero-order valence-corrected chi connectivity index (χ0v) is 5.50. The molecule has 0 fully saturated rings. The van der Waals surface area contributed by atoms with Gasteiger partial charge in [0.2, 0.25) is 0 Å². The summed E-state index contributed by atoms with van der Waals surface area (Å²) in [6, 6.07) is 5.47. The van der Waals surface area contributed by atoms with Crippen molar-refractivity contribution in [3.63, 3.8) is 0 Å². The number of nitriles is 2. The molecule has 0 amide bonds. The van der Waals surface area contributed by atoms with Crippen LogP contribution in [0.5, 0.6) is 0 Å². The largest absolute Gasteiger partial charge is 0.341 e. The van der Waals surface area contributed by atoms with Gasteiger partial charge < -0.3 is 4.57 Å². The van der Waals surface area contributed by atoms with Gasteiger partial charge in [-0.3, -0.25) is 0 Å². The van der Waals surface area contributed by atoms with E-state index in [0.717, 1.165) is 0 Å². The Morgan fingerprint density at radius 1 is 1.40 bits per heavy atom. The summed E-state index contributed by atoms with van der Waals surface area (Å²) < 4.78 is 1.62. The number of nitrogens with zero attached hydrogens (tertiary/aromatic N) is 3. The number of hydrogen-bond donors (Lipinski definition) is 0. The van der Waals surface area contributed by atoms with Crippen LogP contribution in [0.1, 0.15) is 11.3 Å². The van der Waals surface area contributed by atoms with E-state index in [1.54, 1.807) is 23.9 Å². The minimum Gasteiger partial charge on any atom is -0.341 e. The van der Waals surface area contributed by atoms with Gasteiger partial charge in [0.05, 0.1) is 5.56 Å². The van der Waals surface area contributed by atoms with E-state index < -0.39 is 0 Å². The quantitative estimate of drug-likeness (QED) is 0.522. The Hall–Kier alpha value is -1.74. The molecule has 3 nitrogen and oxygen atoms in total. The van der Waals surface area contributed by atoms with Crippen molar-refractivity contribution >= 4 is 0 Å². The fraction of sp³-hybridized carbons (Fsp3) is 0.143. The average Bonchev–Trinajstić information content (AvgIpc) is 2.30. The highest BCUT2D eigenvalue weighted by Gasteiger charge is 1.98. The zero-order chi connectivity index (χ0) is 7.56. The van der Waals surface area contributed by atoms with Crippen LogP contribution in [0.4, 0.5) is 0 Å². The highest BCUT2D eigenvalue weighted by Crippen LogP contribution is 2.03. The van der Waals surface area contributed by atoms with Crippen molar-refractivity contribution in [1.29, 1.82) is 10.5 Å². The Morgan fingerprint density at radius 3 is 2.40 bits per heavy atom. The first-order valence-corrected chi connectivity index (χ1v) is 2.74. The van der Waals surface area contributed by atoms with Crippen LogP contribution in [-0.4, -0.2) is 4.57 Å². The first-order chi connectivity index (χ1) is 4.77. The summed E-state index contributed by atoms with van der Waals surface area (Å²) in [4.78, 5) is 0. The molecular formula is C7H5N3. The van der Waals surface area contributed by atoms with Crippen LogP contribution in [0.3, 0.4) is 0 Å². The first kappa shape index (κ1) is 6.38. The van der Waals surface area contributed by atoms with E-state index in [2.05, 4.69) is 0 Å². The fourth-order valence-electron chi connectivity index (χ4n) is 0.737. The third-order valence-corrected chi connectivity index (χ3v) is 1.25. The minimum absolute atomic E-state index is 0.511. The van der Waals surface area contributed by atoms with Crippen LogP contribution in [0.2, 0.25) is 0 Å². The molecule has 0 unspecified atom stereocenters. The molecule has 1 aromatic rings. The molecule has 1 rings (SSSR count). The predicted octanol–water partition coefficient (Wildman–Crippen LogP) is 0.768. The van der Waals surface area contributed by atoms with E-state index in [1.807, 2.05) is 12.1 Å². The lowest BCUT2D eigenvalue weighted by atomic mass is 10.3. The average molecular weight is 131 g/mol. The van der Waals surface area contributed by atoms with E-state index in [1.165, 1.54) is 0 Å². The molecule has 1 aromatic heterocycles. The molecule has 0 atom stereocenters. The Kier molecular flexibility index (Phi) is 1.43. The van der Waals surface area contributed by atoms with Crippen molar-refractivity contribution in [2.45, 2.75) is 0 Å². The molecule has 0 saturated heterocycles. The summed E-state index contributed by atoms with van der Waals surface area (Å²) in [7, 11) is 1.74. The standard InChI is InChI=1S/C7H5N3/c1-10-5-6(3-8)2-7(10)4-9/h2,5H,1H3. The van der Waals surface area contributed by atoms with Crippen molar-refractivity contribution in [2.75, 3.05) is 0 Å². The molecule has 0 aliphatic rings. The van der Waals surface area contributed by atoms with Crippen LogP contribution in [0.25, 0.3) is 0 Å². The van der Waals surface area contributed by atoms with Crippen molar-refractivity contribution in [3.8, 4) is 12.1 Å². The summed E-state index contributed by atoms with van der Waals surface area (Å²) >= 11 is 0. The molecule has 0 aliphatic heterocycles. The lowest BCUT2D eigenvalue weighted by Crippen LogP contribution is -1.86. The number of hydrogen-bond acceptors (Lipinski definition) is 2. The summed E-state index contributed by atoms with van der Waals surface area (Å²) in [6.45, 7) is 0. The zero-order valence-electron chi connectivity index (χ0n) is 5.50. The summed E-state index contributed by atoms with van der Waals surface area (Å²) in [5.74, 6) is 0. The Morgan fingerprint density at radius 2 is 2.10 bits per heavy atom. The van der Waals surface area contributed by atoms with Gasteiger partial charge in [-0.15, -0.1) is 0 Å². The third kappa shape index (κ3) is 0.852. The fourth-order valence-corrected chi connectivity index (χ4v) is 0.737. The van der Waals surface area contributed by atoms with Crippen molar-refractivity contribution in [2.24, 2.45) is 7.05 Å². The van der Waals surface area contributed by atoms with Gasteiger partial charge >= 0.3 is 0 Å². The molecule has 0 saturated carbocycles. The lowest BCUT2D eigenvalue weighted by molar-refractivity contribution is 0.907. The lowest BCUT2D eigenvalue weighted by Gasteiger charge is -1.86. The van der Waals surface area contributed by atoms with Gasteiger partial charge in [0.15, 0.2) is 0 Å². The molecule has 0 aromatic carbocycles. The van der Waals surface area contributed by atoms with Gasteiger partial charge in [-0.1, -0.05) is 0 Å². The van der Waals surface area contributed by atoms with Gasteiger partial charge in [-0.25, -0.2) is 0 Å². The molecule has 10 heavy (non-hydrogen) atoms.